The lowest BCUT2D eigenvalue weighted by molar-refractivity contribution is 0.0627. The van der Waals surface area contributed by atoms with E-state index in [-0.39, 0.29) is 15.9 Å². The van der Waals surface area contributed by atoms with E-state index in [1.165, 1.54) is 0 Å². The highest BCUT2D eigenvalue weighted by Gasteiger charge is 2.29. The van der Waals surface area contributed by atoms with E-state index in [1.807, 2.05) is 17.9 Å². The summed E-state index contributed by atoms with van der Waals surface area (Å²) in [7, 11) is -3.76. The average molecular weight is 422 g/mol. The van der Waals surface area contributed by atoms with Gasteiger partial charge in [-0.05, 0) is 50.7 Å². The average Bonchev–Trinajstić information content (AvgIpc) is 2.92. The highest BCUT2D eigenvalue weighted by atomic mass is 32.2. The summed E-state index contributed by atoms with van der Waals surface area (Å²) in [6.07, 6.45) is 1.12. The quantitative estimate of drug-likeness (QED) is 0.810. The van der Waals surface area contributed by atoms with Crippen LogP contribution in [0.25, 0.3) is 0 Å². The zero-order chi connectivity index (χ0) is 20.6. The van der Waals surface area contributed by atoms with Gasteiger partial charge in [0.2, 0.25) is 0 Å². The van der Waals surface area contributed by atoms with Crippen LogP contribution in [-0.2, 0) is 10.0 Å². The second-order valence-corrected chi connectivity index (χ2v) is 10.6. The fraction of sp³-hybridized carbons (Fsp3) is 0.500. The molecule has 3 rings (SSSR count). The van der Waals surface area contributed by atoms with Gasteiger partial charge in [-0.1, -0.05) is 42.9 Å². The Balaban J connectivity index is 1.83. The fourth-order valence-corrected chi connectivity index (χ4v) is 6.28. The van der Waals surface area contributed by atoms with Gasteiger partial charge >= 0.3 is 0 Å². The number of hydrogen-bond donors (Lipinski definition) is 1. The van der Waals surface area contributed by atoms with Crippen molar-refractivity contribution in [3.63, 3.8) is 0 Å². The predicted octanol–water partition coefficient (Wildman–Crippen LogP) is 3.99. The van der Waals surface area contributed by atoms with Gasteiger partial charge in [0.1, 0.15) is 4.88 Å². The maximum Gasteiger partial charge on any atom is 0.265 e. The van der Waals surface area contributed by atoms with E-state index >= 15 is 0 Å². The number of hydrogen-bond acceptors (Lipinski definition) is 5. The van der Waals surface area contributed by atoms with Crippen LogP contribution in [0.5, 0.6) is 0 Å². The van der Waals surface area contributed by atoms with Crippen molar-refractivity contribution in [1.82, 2.24) is 9.88 Å². The molecule has 2 unspecified atom stereocenters. The lowest BCUT2D eigenvalue weighted by atomic mass is 9.92. The lowest BCUT2D eigenvalue weighted by Gasteiger charge is -2.34. The minimum absolute atomic E-state index is 0.0645. The first-order chi connectivity index (χ1) is 13.1. The summed E-state index contributed by atoms with van der Waals surface area (Å²) >= 11 is 1.10. The van der Waals surface area contributed by atoms with Gasteiger partial charge in [0.25, 0.3) is 15.9 Å². The van der Waals surface area contributed by atoms with Crippen molar-refractivity contribution in [3.05, 3.63) is 39.9 Å². The molecular weight excluding hydrogens is 394 g/mol. The monoisotopic (exact) mass is 421 g/mol. The lowest BCUT2D eigenvalue weighted by Crippen LogP contribution is -2.42. The van der Waals surface area contributed by atoms with Gasteiger partial charge in [-0.25, -0.2) is 13.4 Å². The predicted molar refractivity (Wildman–Crippen MR) is 112 cm³/mol. The van der Waals surface area contributed by atoms with E-state index in [9.17, 15) is 13.2 Å². The van der Waals surface area contributed by atoms with Crippen LogP contribution >= 0.6 is 11.3 Å². The molecule has 1 fully saturated rings. The smallest absolute Gasteiger partial charge is 0.265 e. The van der Waals surface area contributed by atoms with Crippen LogP contribution in [0.2, 0.25) is 0 Å². The molecule has 1 aliphatic heterocycles. The molecule has 2 heterocycles. The van der Waals surface area contributed by atoms with E-state index in [1.54, 1.807) is 26.0 Å². The zero-order valence-corrected chi connectivity index (χ0v) is 18.6. The molecule has 2 aromatic rings. The number of piperidine rings is 1. The van der Waals surface area contributed by atoms with Gasteiger partial charge < -0.3 is 4.90 Å². The summed E-state index contributed by atoms with van der Waals surface area (Å²) in [5.74, 6) is 0.859. The third-order valence-electron chi connectivity index (χ3n) is 4.99. The number of likely N-dealkylation sites (tertiary alicyclic amines) is 1. The molecule has 1 aliphatic rings. The van der Waals surface area contributed by atoms with Crippen molar-refractivity contribution in [2.45, 2.75) is 45.9 Å². The molecule has 28 heavy (non-hydrogen) atoms. The summed E-state index contributed by atoms with van der Waals surface area (Å²) in [6.45, 7) is 11.2. The van der Waals surface area contributed by atoms with Gasteiger partial charge in [-0.3, -0.25) is 9.52 Å². The normalized spacial score (nSPS) is 20.2. The molecule has 1 aromatic carbocycles. The van der Waals surface area contributed by atoms with Gasteiger partial charge in [0.05, 0.1) is 10.6 Å². The molecule has 2 atom stereocenters. The second kappa shape index (κ2) is 7.83. The molecule has 6 nitrogen and oxygen atoms in total. The zero-order valence-electron chi connectivity index (χ0n) is 16.9. The molecule has 0 radical (unpaired) electrons. The summed E-state index contributed by atoms with van der Waals surface area (Å²) in [5.41, 5.74) is 2.23. The third kappa shape index (κ3) is 4.38. The Morgan fingerprint density at radius 2 is 1.82 bits per heavy atom. The Bertz CT molecular complexity index is 988. The van der Waals surface area contributed by atoms with Crippen molar-refractivity contribution >= 4 is 32.4 Å². The second-order valence-electron chi connectivity index (χ2n) is 7.96. The number of sulfonamides is 1. The first-order valence-electron chi connectivity index (χ1n) is 9.43. The maximum atomic E-state index is 13.0. The number of aryl methyl sites for hydroxylation is 3. The number of aromatic nitrogens is 1. The van der Waals surface area contributed by atoms with Crippen molar-refractivity contribution in [2.24, 2.45) is 11.8 Å². The molecule has 1 amide bonds. The van der Waals surface area contributed by atoms with E-state index in [0.717, 1.165) is 36.4 Å². The number of carbonyl (C=O) groups excluding carboxylic acids is 1. The number of anilines is 1. The molecule has 0 saturated carbocycles. The first kappa shape index (κ1) is 20.8. The van der Waals surface area contributed by atoms with Crippen molar-refractivity contribution in [1.29, 1.82) is 0 Å². The molecule has 0 bridgehead atoms. The number of nitrogens with zero attached hydrogens (tertiary/aromatic N) is 2. The van der Waals surface area contributed by atoms with Crippen LogP contribution in [0.3, 0.4) is 0 Å². The minimum atomic E-state index is -3.76. The highest BCUT2D eigenvalue weighted by molar-refractivity contribution is 7.93. The van der Waals surface area contributed by atoms with Crippen LogP contribution < -0.4 is 4.72 Å². The van der Waals surface area contributed by atoms with Crippen LogP contribution in [-0.4, -0.2) is 37.3 Å². The molecule has 1 saturated heterocycles. The molecule has 1 aromatic heterocycles. The van der Waals surface area contributed by atoms with Crippen LogP contribution in [0.1, 0.15) is 46.8 Å². The van der Waals surface area contributed by atoms with E-state index < -0.39 is 10.0 Å². The third-order valence-corrected chi connectivity index (χ3v) is 7.68. The topological polar surface area (TPSA) is 79.4 Å². The molecule has 0 aliphatic carbocycles. The van der Waals surface area contributed by atoms with Crippen molar-refractivity contribution in [3.8, 4) is 0 Å². The highest BCUT2D eigenvalue weighted by Crippen LogP contribution is 2.29. The number of nitrogens with one attached hydrogen (secondary N) is 1. The van der Waals surface area contributed by atoms with Crippen LogP contribution in [0.15, 0.2) is 23.1 Å². The molecule has 152 valence electrons. The van der Waals surface area contributed by atoms with Gasteiger partial charge in [0, 0.05) is 13.1 Å². The molecule has 1 N–H and O–H groups in total. The Labute approximate surface area is 171 Å². The summed E-state index contributed by atoms with van der Waals surface area (Å²) in [4.78, 5) is 19.9. The van der Waals surface area contributed by atoms with Gasteiger partial charge in [0.15, 0.2) is 5.13 Å². The Morgan fingerprint density at radius 3 is 2.43 bits per heavy atom. The summed E-state index contributed by atoms with van der Waals surface area (Å²) < 4.78 is 28.1. The maximum absolute atomic E-state index is 13.0. The Kier molecular flexibility index (Phi) is 5.82. The first-order valence-corrected chi connectivity index (χ1v) is 11.7. The number of thiazole rings is 1. The number of amides is 1. The SMILES string of the molecule is Cc1ccc(S(=O)(=O)Nc2nc(C)c(C(=O)N3CC(C)CC(C)C3)s2)c(C)c1. The van der Waals surface area contributed by atoms with Crippen LogP contribution in [0, 0.1) is 32.6 Å². The largest absolute Gasteiger partial charge is 0.337 e. The molecule has 8 heteroatoms. The fourth-order valence-electron chi connectivity index (χ4n) is 3.88. The standard InChI is InChI=1S/C20H27N3O3S2/c1-12-6-7-17(15(4)9-12)28(25,26)22-20-21-16(5)18(27-20)19(24)23-10-13(2)8-14(3)11-23/h6-7,9,13-14H,8,10-11H2,1-5H3,(H,21,22). The Hall–Kier alpha value is -1.93. The number of rotatable bonds is 4. The summed E-state index contributed by atoms with van der Waals surface area (Å²) in [6, 6.07) is 5.19. The molecule has 0 spiro atoms. The Morgan fingerprint density at radius 1 is 1.18 bits per heavy atom. The van der Waals surface area contributed by atoms with Crippen LogP contribution in [0.4, 0.5) is 5.13 Å². The number of carbonyl (C=O) groups is 1. The van der Waals surface area contributed by atoms with Crippen molar-refractivity contribution < 1.29 is 13.2 Å². The van der Waals surface area contributed by atoms with E-state index in [2.05, 4.69) is 23.6 Å². The van der Waals surface area contributed by atoms with Crippen molar-refractivity contribution in [2.75, 3.05) is 17.8 Å². The van der Waals surface area contributed by atoms with E-state index in [4.69, 9.17) is 0 Å². The van der Waals surface area contributed by atoms with Gasteiger partial charge in [-0.15, -0.1) is 0 Å². The molecular formula is C20H27N3O3S2. The van der Waals surface area contributed by atoms with E-state index in [0.29, 0.717) is 28.0 Å². The number of benzene rings is 1. The minimum Gasteiger partial charge on any atom is -0.337 e. The van der Waals surface area contributed by atoms with Gasteiger partial charge in [-0.2, -0.15) is 0 Å². The summed E-state index contributed by atoms with van der Waals surface area (Å²) in [5, 5.41) is 0.221.